The molecule has 0 aliphatic rings. The second-order valence-corrected chi connectivity index (χ2v) is 7.50. The lowest BCUT2D eigenvalue weighted by atomic mass is 10.1. The van der Waals surface area contributed by atoms with Crippen LogP contribution in [-0.4, -0.2) is 52.6 Å². The predicted octanol–water partition coefficient (Wildman–Crippen LogP) is 3.82. The van der Waals surface area contributed by atoms with Crippen molar-refractivity contribution in [3.8, 4) is 22.9 Å². The third-order valence-electron chi connectivity index (χ3n) is 3.94. The summed E-state index contributed by atoms with van der Waals surface area (Å²) >= 11 is 4.65. The normalized spacial score (nSPS) is 10.6. The van der Waals surface area contributed by atoms with E-state index in [1.165, 1.54) is 18.9 Å². The van der Waals surface area contributed by atoms with Crippen LogP contribution in [0.3, 0.4) is 0 Å². The zero-order chi connectivity index (χ0) is 20.8. The number of Topliss-reactive ketones (excluding diaryl/α,β-unsaturated/α-hetero) is 1. The largest absolute Gasteiger partial charge is 0.496 e. The monoisotopic (exact) mass is 478 g/mol. The van der Waals surface area contributed by atoms with Gasteiger partial charge in [0.25, 0.3) is 0 Å². The Morgan fingerprint density at radius 2 is 1.86 bits per heavy atom. The number of rotatable bonds is 9. The van der Waals surface area contributed by atoms with E-state index in [4.69, 9.17) is 14.2 Å². The average Bonchev–Trinajstić information content (AvgIpc) is 3.21. The van der Waals surface area contributed by atoms with Crippen LogP contribution in [0, 0.1) is 0 Å². The van der Waals surface area contributed by atoms with Gasteiger partial charge in [-0.3, -0.25) is 4.79 Å². The van der Waals surface area contributed by atoms with Crippen molar-refractivity contribution in [2.24, 2.45) is 0 Å². The number of aromatic nitrogens is 4. The summed E-state index contributed by atoms with van der Waals surface area (Å²) in [6.07, 6.45) is 0. The highest BCUT2D eigenvalue weighted by atomic mass is 79.9. The maximum atomic E-state index is 12.8. The first-order chi connectivity index (χ1) is 14.1. The topological polar surface area (TPSA) is 88.4 Å². The van der Waals surface area contributed by atoms with Crippen molar-refractivity contribution in [3.63, 3.8) is 0 Å². The van der Waals surface area contributed by atoms with Crippen LogP contribution in [0.1, 0.15) is 17.3 Å². The minimum Gasteiger partial charge on any atom is -0.496 e. The highest BCUT2D eigenvalue weighted by Crippen LogP contribution is 2.34. The number of carbonyl (C=O) groups is 1. The molecule has 3 aromatic rings. The Kier molecular flexibility index (Phi) is 7.10. The summed E-state index contributed by atoms with van der Waals surface area (Å²) in [5.41, 5.74) is 1.23. The minimum atomic E-state index is -0.114. The molecule has 0 atom stereocenters. The van der Waals surface area contributed by atoms with Crippen LogP contribution < -0.4 is 14.2 Å². The molecular weight excluding hydrogens is 460 g/mol. The molecule has 0 bridgehead atoms. The van der Waals surface area contributed by atoms with Gasteiger partial charge in [-0.2, -0.15) is 4.68 Å². The molecule has 0 spiro atoms. The lowest BCUT2D eigenvalue weighted by molar-refractivity contribution is 0.101. The molecule has 3 rings (SSSR count). The number of ether oxygens (including phenoxy) is 3. The number of carbonyl (C=O) groups excluding carboxylic acids is 1. The number of hydrogen-bond donors (Lipinski definition) is 0. The fraction of sp³-hybridized carbons (Fsp3) is 0.263. The zero-order valence-electron chi connectivity index (χ0n) is 16.1. The molecule has 0 aliphatic carbocycles. The number of tetrazole rings is 1. The quantitative estimate of drug-likeness (QED) is 0.338. The average molecular weight is 479 g/mol. The molecule has 10 heteroatoms. The number of nitrogens with zero attached hydrogens (tertiary/aromatic N) is 4. The molecule has 152 valence electrons. The van der Waals surface area contributed by atoms with Gasteiger partial charge in [-0.25, -0.2) is 0 Å². The first kappa shape index (κ1) is 21.1. The van der Waals surface area contributed by atoms with E-state index in [0.717, 1.165) is 11.4 Å². The summed E-state index contributed by atoms with van der Waals surface area (Å²) in [5, 5.41) is 12.3. The van der Waals surface area contributed by atoms with Gasteiger partial charge < -0.3 is 14.2 Å². The number of hydrogen-bond acceptors (Lipinski definition) is 8. The summed E-state index contributed by atoms with van der Waals surface area (Å²) in [6, 6.07) is 10.8. The molecule has 0 saturated heterocycles. The van der Waals surface area contributed by atoms with Crippen LogP contribution >= 0.6 is 27.7 Å². The van der Waals surface area contributed by atoms with Crippen molar-refractivity contribution in [2.75, 3.05) is 26.6 Å². The molecule has 1 aromatic heterocycles. The summed E-state index contributed by atoms with van der Waals surface area (Å²) in [4.78, 5) is 12.8. The molecule has 0 N–H and O–H groups in total. The van der Waals surface area contributed by atoms with Crippen LogP contribution in [0.4, 0.5) is 0 Å². The SMILES string of the molecule is CCOc1ccc(-n2nnnc2SCC(=O)c2cc(Br)c(OC)cc2OC)cc1. The third-order valence-corrected chi connectivity index (χ3v) is 5.48. The van der Waals surface area contributed by atoms with Gasteiger partial charge in [0.1, 0.15) is 17.2 Å². The number of methoxy groups -OCH3 is 2. The minimum absolute atomic E-state index is 0.114. The molecule has 8 nitrogen and oxygen atoms in total. The third kappa shape index (κ3) is 4.88. The second kappa shape index (κ2) is 9.75. The number of ketones is 1. The standard InChI is InChI=1S/C19H19BrN4O4S/c1-4-28-13-7-5-12(6-8-13)24-19(21-22-23-24)29-11-16(25)14-9-15(20)18(27-3)10-17(14)26-2/h5-10H,4,11H2,1-3H3. The number of thioether (sulfide) groups is 1. The number of benzene rings is 2. The van der Waals surface area contributed by atoms with Crippen LogP contribution in [0.2, 0.25) is 0 Å². The molecule has 1 heterocycles. The molecule has 0 unspecified atom stereocenters. The Bertz CT molecular complexity index is 994. The van der Waals surface area contributed by atoms with E-state index in [-0.39, 0.29) is 11.5 Å². The van der Waals surface area contributed by atoms with E-state index < -0.39 is 0 Å². The van der Waals surface area contributed by atoms with Gasteiger partial charge in [0.05, 0.1) is 42.3 Å². The van der Waals surface area contributed by atoms with Crippen molar-refractivity contribution >= 4 is 33.5 Å². The van der Waals surface area contributed by atoms with Crippen molar-refractivity contribution in [3.05, 3.63) is 46.4 Å². The Morgan fingerprint density at radius 3 is 2.52 bits per heavy atom. The van der Waals surface area contributed by atoms with Crippen molar-refractivity contribution in [2.45, 2.75) is 12.1 Å². The summed E-state index contributed by atoms with van der Waals surface area (Å²) < 4.78 is 18.3. The van der Waals surface area contributed by atoms with Crippen LogP contribution in [-0.2, 0) is 0 Å². The first-order valence-electron chi connectivity index (χ1n) is 8.66. The lowest BCUT2D eigenvalue weighted by Gasteiger charge is -2.11. The summed E-state index contributed by atoms with van der Waals surface area (Å²) in [5.74, 6) is 1.83. The van der Waals surface area contributed by atoms with Gasteiger partial charge in [0.2, 0.25) is 5.16 Å². The van der Waals surface area contributed by atoms with Crippen LogP contribution in [0.15, 0.2) is 46.0 Å². The molecule has 0 aliphatic heterocycles. The van der Waals surface area contributed by atoms with Crippen LogP contribution in [0.5, 0.6) is 17.2 Å². The van der Waals surface area contributed by atoms with Gasteiger partial charge in [0, 0.05) is 6.07 Å². The smallest absolute Gasteiger partial charge is 0.214 e. The molecule has 0 saturated carbocycles. The molecule has 0 radical (unpaired) electrons. The maximum absolute atomic E-state index is 12.8. The van der Waals surface area contributed by atoms with Crippen LogP contribution in [0.25, 0.3) is 5.69 Å². The van der Waals surface area contributed by atoms with E-state index in [9.17, 15) is 4.79 Å². The van der Waals surface area contributed by atoms with Crippen molar-refractivity contribution in [1.29, 1.82) is 0 Å². The number of halogens is 1. The zero-order valence-corrected chi connectivity index (χ0v) is 18.5. The van der Waals surface area contributed by atoms with E-state index in [2.05, 4.69) is 31.5 Å². The van der Waals surface area contributed by atoms with E-state index in [0.29, 0.717) is 33.3 Å². The first-order valence-corrected chi connectivity index (χ1v) is 10.4. The Hall–Kier alpha value is -2.59. The van der Waals surface area contributed by atoms with Crippen molar-refractivity contribution in [1.82, 2.24) is 20.2 Å². The van der Waals surface area contributed by atoms with Gasteiger partial charge in [-0.05, 0) is 63.6 Å². The summed E-state index contributed by atoms with van der Waals surface area (Å²) in [6.45, 7) is 2.52. The van der Waals surface area contributed by atoms with E-state index >= 15 is 0 Å². The molecule has 0 fully saturated rings. The van der Waals surface area contributed by atoms with E-state index in [1.54, 1.807) is 23.9 Å². The fourth-order valence-electron chi connectivity index (χ4n) is 2.57. The van der Waals surface area contributed by atoms with Gasteiger partial charge in [-0.1, -0.05) is 11.8 Å². The molecular formula is C19H19BrN4O4S. The lowest BCUT2D eigenvalue weighted by Crippen LogP contribution is -2.07. The highest BCUT2D eigenvalue weighted by molar-refractivity contribution is 9.10. The van der Waals surface area contributed by atoms with Gasteiger partial charge >= 0.3 is 0 Å². The predicted molar refractivity (Wildman–Crippen MR) is 113 cm³/mol. The molecule has 2 aromatic carbocycles. The molecule has 29 heavy (non-hydrogen) atoms. The fourth-order valence-corrected chi connectivity index (χ4v) is 3.85. The Morgan fingerprint density at radius 1 is 1.14 bits per heavy atom. The maximum Gasteiger partial charge on any atom is 0.214 e. The second-order valence-electron chi connectivity index (χ2n) is 5.70. The highest BCUT2D eigenvalue weighted by Gasteiger charge is 2.18. The summed E-state index contributed by atoms with van der Waals surface area (Å²) in [7, 11) is 3.07. The Labute approximate surface area is 180 Å². The van der Waals surface area contributed by atoms with Gasteiger partial charge in [0.15, 0.2) is 5.78 Å². The van der Waals surface area contributed by atoms with Crippen molar-refractivity contribution < 1.29 is 19.0 Å². The molecule has 0 amide bonds. The Balaban J connectivity index is 1.75. The van der Waals surface area contributed by atoms with E-state index in [1.807, 2.05) is 31.2 Å². The van der Waals surface area contributed by atoms with Gasteiger partial charge in [-0.15, -0.1) is 5.10 Å².